The topological polar surface area (TPSA) is 43.6 Å². The molecule has 0 aliphatic heterocycles. The molecule has 0 saturated carbocycles. The van der Waals surface area contributed by atoms with E-state index in [0.29, 0.717) is 15.8 Å². The molecule has 0 atom stereocenters. The van der Waals surface area contributed by atoms with E-state index in [1.54, 1.807) is 29.4 Å². The number of hydrogen-bond acceptors (Lipinski definition) is 5. The van der Waals surface area contributed by atoms with Crippen LogP contribution < -0.4 is 0 Å². The molecule has 4 rings (SSSR count). The summed E-state index contributed by atoms with van der Waals surface area (Å²) in [6.07, 6.45) is 1.68. The molecule has 0 amide bonds. The molecule has 0 aliphatic carbocycles. The van der Waals surface area contributed by atoms with Gasteiger partial charge in [0.2, 0.25) is 0 Å². The summed E-state index contributed by atoms with van der Waals surface area (Å²) in [5.74, 6) is 0.695. The van der Waals surface area contributed by atoms with Gasteiger partial charge in [0.1, 0.15) is 11.3 Å². The molecule has 26 heavy (non-hydrogen) atoms. The van der Waals surface area contributed by atoms with E-state index in [9.17, 15) is 0 Å². The molecule has 0 unspecified atom stereocenters. The molecule has 0 fully saturated rings. The van der Waals surface area contributed by atoms with Crippen LogP contribution in [0.4, 0.5) is 0 Å². The fourth-order valence-corrected chi connectivity index (χ4v) is 4.65. The molecule has 2 aromatic carbocycles. The van der Waals surface area contributed by atoms with Gasteiger partial charge in [0, 0.05) is 21.7 Å². The Morgan fingerprint density at radius 3 is 2.81 bits per heavy atom. The monoisotopic (exact) mass is 418 g/mol. The van der Waals surface area contributed by atoms with Crippen molar-refractivity contribution in [1.82, 2.24) is 19.7 Å². The highest BCUT2D eigenvalue weighted by molar-refractivity contribution is 7.98. The zero-order valence-corrected chi connectivity index (χ0v) is 16.5. The maximum absolute atomic E-state index is 6.26. The smallest absolute Gasteiger partial charge is 0.195 e. The number of halogens is 2. The second-order valence-corrected chi connectivity index (χ2v) is 8.02. The first kappa shape index (κ1) is 17.5. The first-order valence-electron chi connectivity index (χ1n) is 7.69. The maximum Gasteiger partial charge on any atom is 0.195 e. The van der Waals surface area contributed by atoms with E-state index in [1.165, 1.54) is 0 Å². The normalized spacial score (nSPS) is 11.0. The van der Waals surface area contributed by atoms with Crippen LogP contribution in [0.3, 0.4) is 0 Å². The van der Waals surface area contributed by atoms with Gasteiger partial charge in [-0.15, -0.1) is 21.5 Å². The third kappa shape index (κ3) is 3.78. The average Bonchev–Trinajstić information content (AvgIpc) is 3.30. The molecule has 4 aromatic rings. The van der Waals surface area contributed by atoms with Crippen molar-refractivity contribution in [2.45, 2.75) is 10.9 Å². The van der Waals surface area contributed by atoms with Crippen LogP contribution in [0.5, 0.6) is 0 Å². The minimum absolute atomic E-state index is 0.677. The molecule has 8 heteroatoms. The van der Waals surface area contributed by atoms with Gasteiger partial charge in [-0.05, 0) is 24.3 Å². The van der Waals surface area contributed by atoms with Crippen LogP contribution in [0.25, 0.3) is 16.3 Å². The molecule has 0 bridgehead atoms. The average molecular weight is 419 g/mol. The molecule has 2 aromatic heterocycles. The van der Waals surface area contributed by atoms with Crippen LogP contribution >= 0.6 is 46.3 Å². The largest absolute Gasteiger partial charge is 0.277 e. The highest BCUT2D eigenvalue weighted by Crippen LogP contribution is 2.32. The van der Waals surface area contributed by atoms with Crippen molar-refractivity contribution < 1.29 is 0 Å². The third-order valence-electron chi connectivity index (χ3n) is 3.61. The summed E-state index contributed by atoms with van der Waals surface area (Å²) in [5, 5.41) is 13.4. The predicted molar refractivity (Wildman–Crippen MR) is 108 cm³/mol. The standard InChI is InChI=1S/C18H12Cl2N4S2/c19-12-4-3-5-14(8-12)24-11-21-23-18(24)26-10-13-9-25-17(22-13)15-6-1-2-7-16(15)20/h1-9,11H,10H2. The highest BCUT2D eigenvalue weighted by Gasteiger charge is 2.11. The minimum Gasteiger partial charge on any atom is -0.277 e. The first-order valence-corrected chi connectivity index (χ1v) is 10.3. The van der Waals surface area contributed by atoms with Crippen molar-refractivity contribution in [2.24, 2.45) is 0 Å². The van der Waals surface area contributed by atoms with E-state index in [1.807, 2.05) is 58.5 Å². The van der Waals surface area contributed by atoms with Gasteiger partial charge >= 0.3 is 0 Å². The van der Waals surface area contributed by atoms with Crippen molar-refractivity contribution in [1.29, 1.82) is 0 Å². The third-order valence-corrected chi connectivity index (χ3v) is 6.07. The second-order valence-electron chi connectivity index (χ2n) is 5.38. The summed E-state index contributed by atoms with van der Waals surface area (Å²) in [6, 6.07) is 15.3. The second kappa shape index (κ2) is 7.80. The van der Waals surface area contributed by atoms with Crippen LogP contribution in [0.1, 0.15) is 5.69 Å². The summed E-state index contributed by atoms with van der Waals surface area (Å²) < 4.78 is 1.91. The number of thiazole rings is 1. The molecule has 0 aliphatic rings. The molecule has 130 valence electrons. The van der Waals surface area contributed by atoms with Gasteiger partial charge < -0.3 is 0 Å². The Morgan fingerprint density at radius 2 is 1.96 bits per heavy atom. The van der Waals surface area contributed by atoms with Crippen molar-refractivity contribution in [3.8, 4) is 16.3 Å². The Balaban J connectivity index is 1.51. The van der Waals surface area contributed by atoms with Gasteiger partial charge in [-0.25, -0.2) is 4.98 Å². The Labute approximate surface area is 168 Å². The Morgan fingerprint density at radius 1 is 1.08 bits per heavy atom. The lowest BCUT2D eigenvalue weighted by Crippen LogP contribution is -1.95. The number of nitrogens with zero attached hydrogens (tertiary/aromatic N) is 4. The van der Waals surface area contributed by atoms with Gasteiger partial charge in [0.25, 0.3) is 0 Å². The van der Waals surface area contributed by atoms with Crippen LogP contribution in [-0.4, -0.2) is 19.7 Å². The summed E-state index contributed by atoms with van der Waals surface area (Å²) in [4.78, 5) is 4.69. The molecule has 0 spiro atoms. The molecule has 0 N–H and O–H groups in total. The number of aromatic nitrogens is 4. The van der Waals surface area contributed by atoms with Gasteiger partial charge in [-0.3, -0.25) is 4.57 Å². The van der Waals surface area contributed by atoms with E-state index in [2.05, 4.69) is 10.2 Å². The van der Waals surface area contributed by atoms with Crippen molar-refractivity contribution in [3.05, 3.63) is 76.0 Å². The number of hydrogen-bond donors (Lipinski definition) is 0. The SMILES string of the molecule is Clc1cccc(-n2cnnc2SCc2csc(-c3ccccc3Cl)n2)c1. The number of thioether (sulfide) groups is 1. The molecule has 0 radical (unpaired) electrons. The molecule has 4 nitrogen and oxygen atoms in total. The van der Waals surface area contributed by atoms with E-state index in [0.717, 1.165) is 27.1 Å². The van der Waals surface area contributed by atoms with E-state index >= 15 is 0 Å². The van der Waals surface area contributed by atoms with Crippen LogP contribution in [0, 0.1) is 0 Å². The highest BCUT2D eigenvalue weighted by atomic mass is 35.5. The fraction of sp³-hybridized carbons (Fsp3) is 0.0556. The van der Waals surface area contributed by atoms with Crippen molar-refractivity contribution in [2.75, 3.05) is 0 Å². The lowest BCUT2D eigenvalue weighted by atomic mass is 10.2. The Bertz CT molecular complexity index is 1040. The molecular weight excluding hydrogens is 407 g/mol. The zero-order chi connectivity index (χ0) is 17.9. The predicted octanol–water partition coefficient (Wildman–Crippen LogP) is 5.99. The molecule has 2 heterocycles. The van der Waals surface area contributed by atoms with E-state index in [-0.39, 0.29) is 0 Å². The fourth-order valence-electron chi connectivity index (χ4n) is 2.40. The summed E-state index contributed by atoms with van der Waals surface area (Å²) in [7, 11) is 0. The Hall–Kier alpha value is -1.86. The Kier molecular flexibility index (Phi) is 5.26. The van der Waals surface area contributed by atoms with Crippen LogP contribution in [0.15, 0.2) is 65.4 Å². The summed E-state index contributed by atoms with van der Waals surface area (Å²) >= 11 is 15.5. The summed E-state index contributed by atoms with van der Waals surface area (Å²) in [5.41, 5.74) is 2.87. The first-order chi connectivity index (χ1) is 12.7. The van der Waals surface area contributed by atoms with Gasteiger partial charge in [0.15, 0.2) is 5.16 Å². The summed E-state index contributed by atoms with van der Waals surface area (Å²) in [6.45, 7) is 0. The van der Waals surface area contributed by atoms with Crippen molar-refractivity contribution in [3.63, 3.8) is 0 Å². The molecular formula is C18H12Cl2N4S2. The van der Waals surface area contributed by atoms with Crippen LogP contribution in [0.2, 0.25) is 10.0 Å². The lowest BCUT2D eigenvalue weighted by molar-refractivity contribution is 0.883. The maximum atomic E-state index is 6.26. The van der Waals surface area contributed by atoms with Crippen LogP contribution in [-0.2, 0) is 5.75 Å². The molecule has 0 saturated heterocycles. The van der Waals surface area contributed by atoms with Gasteiger partial charge in [-0.1, -0.05) is 59.2 Å². The quantitative estimate of drug-likeness (QED) is 0.373. The van der Waals surface area contributed by atoms with Gasteiger partial charge in [-0.2, -0.15) is 0 Å². The van der Waals surface area contributed by atoms with E-state index < -0.39 is 0 Å². The minimum atomic E-state index is 0.677. The zero-order valence-electron chi connectivity index (χ0n) is 13.3. The van der Waals surface area contributed by atoms with Crippen molar-refractivity contribution >= 4 is 46.3 Å². The van der Waals surface area contributed by atoms with E-state index in [4.69, 9.17) is 28.2 Å². The van der Waals surface area contributed by atoms with Gasteiger partial charge in [0.05, 0.1) is 16.4 Å². The number of rotatable bonds is 5. The lowest BCUT2D eigenvalue weighted by Gasteiger charge is -2.05. The number of benzene rings is 2.